The Morgan fingerprint density at radius 3 is 1.72 bits per heavy atom. The summed E-state index contributed by atoms with van der Waals surface area (Å²) in [5.74, 6) is 2.04. The number of carbonyl (C=O) groups excluding carboxylic acids is 1. The van der Waals surface area contributed by atoms with Gasteiger partial charge in [-0.15, -0.1) is 0 Å². The van der Waals surface area contributed by atoms with E-state index in [9.17, 15) is 13.6 Å². The molecule has 8 aromatic rings. The molecule has 0 bridgehead atoms. The van der Waals surface area contributed by atoms with Crippen molar-refractivity contribution in [2.45, 2.75) is 53.2 Å². The molecule has 0 radical (unpaired) electrons. The Labute approximate surface area is 392 Å². The zero-order valence-corrected chi connectivity index (χ0v) is 39.2. The molecule has 0 spiro atoms. The van der Waals surface area contributed by atoms with Crippen molar-refractivity contribution in [3.8, 4) is 33.8 Å². The van der Waals surface area contributed by atoms with Crippen LogP contribution in [0.2, 0.25) is 5.02 Å². The lowest BCUT2D eigenvalue weighted by Gasteiger charge is -2.15. The Balaban J connectivity index is 0.000000168. The van der Waals surface area contributed by atoms with Gasteiger partial charge in [0.2, 0.25) is 11.9 Å². The Morgan fingerprint density at radius 2 is 1.22 bits per heavy atom. The molecule has 1 amide bonds. The van der Waals surface area contributed by atoms with E-state index in [-0.39, 0.29) is 24.1 Å². The van der Waals surface area contributed by atoms with E-state index >= 15 is 0 Å². The molecule has 10 rings (SSSR count). The first-order valence-electron chi connectivity index (χ1n) is 22.0. The van der Waals surface area contributed by atoms with E-state index in [1.807, 2.05) is 41.2 Å². The number of nitrogens with zero attached hydrogens (tertiary/aromatic N) is 8. The van der Waals surface area contributed by atoms with Crippen molar-refractivity contribution >= 4 is 40.7 Å². The molecule has 0 atom stereocenters. The number of ether oxygens (including phenoxy) is 2. The minimum atomic E-state index is -0.273. The van der Waals surface area contributed by atoms with Crippen LogP contribution >= 0.6 is 11.6 Å². The van der Waals surface area contributed by atoms with Crippen molar-refractivity contribution in [2.24, 2.45) is 0 Å². The van der Waals surface area contributed by atoms with Crippen molar-refractivity contribution < 1.29 is 23.0 Å². The summed E-state index contributed by atoms with van der Waals surface area (Å²) in [6, 6.07) is 18.0. The van der Waals surface area contributed by atoms with Crippen molar-refractivity contribution in [3.63, 3.8) is 0 Å². The van der Waals surface area contributed by atoms with Gasteiger partial charge in [0.25, 0.3) is 5.91 Å². The summed E-state index contributed by atoms with van der Waals surface area (Å²) in [5.41, 5.74) is 12.7. The van der Waals surface area contributed by atoms with E-state index in [0.29, 0.717) is 65.4 Å². The zero-order valence-electron chi connectivity index (χ0n) is 38.5. The number of carbonyl (C=O) groups is 1. The van der Waals surface area contributed by atoms with Gasteiger partial charge >= 0.3 is 0 Å². The maximum atomic E-state index is 14.6. The van der Waals surface area contributed by atoms with Crippen LogP contribution in [-0.2, 0) is 32.5 Å². The number of benzene rings is 4. The fourth-order valence-corrected chi connectivity index (χ4v) is 9.08. The van der Waals surface area contributed by atoms with Gasteiger partial charge in [-0.05, 0) is 88.0 Å². The summed E-state index contributed by atoms with van der Waals surface area (Å²) < 4.78 is 44.1. The molecule has 67 heavy (non-hydrogen) atoms. The molecular formula is C51H51ClF2N10O3. The fraction of sp³-hybridized carbons (Fsp3) is 0.275. The molecule has 16 heteroatoms. The third-order valence-corrected chi connectivity index (χ3v) is 12.3. The van der Waals surface area contributed by atoms with Gasteiger partial charge < -0.3 is 29.9 Å². The summed E-state index contributed by atoms with van der Waals surface area (Å²) in [5, 5.41) is 7.00. The Kier molecular flexibility index (Phi) is 12.5. The molecule has 0 fully saturated rings. The van der Waals surface area contributed by atoms with E-state index in [0.717, 1.165) is 74.9 Å². The van der Waals surface area contributed by atoms with Crippen LogP contribution in [0.25, 0.3) is 33.5 Å². The summed E-state index contributed by atoms with van der Waals surface area (Å²) in [4.78, 5) is 34.7. The minimum absolute atomic E-state index is 0.127. The van der Waals surface area contributed by atoms with Crippen molar-refractivity contribution in [1.29, 1.82) is 0 Å². The molecule has 0 saturated heterocycles. The first-order valence-corrected chi connectivity index (χ1v) is 22.4. The van der Waals surface area contributed by atoms with Crippen LogP contribution in [-0.4, -0.2) is 85.8 Å². The second-order valence-corrected chi connectivity index (χ2v) is 17.7. The highest BCUT2D eigenvalue weighted by Gasteiger charge is 2.23. The molecule has 0 saturated carbocycles. The molecule has 2 aliphatic rings. The molecular weight excluding hydrogens is 874 g/mol. The predicted molar refractivity (Wildman–Crippen MR) is 257 cm³/mol. The number of imidazole rings is 2. The van der Waals surface area contributed by atoms with E-state index < -0.39 is 0 Å². The Hall–Kier alpha value is -7.10. The average molecular weight is 925 g/mol. The van der Waals surface area contributed by atoms with Crippen LogP contribution in [0.4, 0.5) is 20.7 Å². The molecule has 0 unspecified atom stereocenters. The van der Waals surface area contributed by atoms with Crippen LogP contribution < -0.4 is 20.1 Å². The monoisotopic (exact) mass is 924 g/mol. The van der Waals surface area contributed by atoms with Crippen LogP contribution in [0.5, 0.6) is 11.5 Å². The molecule has 13 nitrogen and oxygen atoms in total. The fourth-order valence-electron chi connectivity index (χ4n) is 8.80. The number of anilines is 2. The Morgan fingerprint density at radius 1 is 0.701 bits per heavy atom. The lowest BCUT2D eigenvalue weighted by Crippen LogP contribution is -2.21. The van der Waals surface area contributed by atoms with Gasteiger partial charge in [-0.3, -0.25) is 13.6 Å². The molecule has 0 aliphatic carbocycles. The number of aryl methyl sites for hydroxylation is 3. The normalized spacial score (nSPS) is 12.7. The molecule has 4 aromatic carbocycles. The largest absolute Gasteiger partial charge is 0.493 e. The first-order chi connectivity index (χ1) is 32.2. The Bertz CT molecular complexity index is 3200. The molecule has 2 aliphatic heterocycles. The van der Waals surface area contributed by atoms with Crippen molar-refractivity contribution in [3.05, 3.63) is 152 Å². The number of hydrogen-bond acceptors (Lipinski definition) is 10. The highest BCUT2D eigenvalue weighted by Crippen LogP contribution is 2.35. The third kappa shape index (κ3) is 9.08. The molecule has 2 N–H and O–H groups in total. The maximum Gasteiger partial charge on any atom is 0.253 e. The van der Waals surface area contributed by atoms with E-state index in [1.54, 1.807) is 50.6 Å². The lowest BCUT2D eigenvalue weighted by atomic mass is 10.00. The predicted octanol–water partition coefficient (Wildman–Crippen LogP) is 9.51. The lowest BCUT2D eigenvalue weighted by molar-refractivity contribution is 0.0827. The van der Waals surface area contributed by atoms with Gasteiger partial charge in [0, 0.05) is 121 Å². The van der Waals surface area contributed by atoms with Gasteiger partial charge in [-0.1, -0.05) is 35.9 Å². The van der Waals surface area contributed by atoms with E-state index in [1.165, 1.54) is 28.2 Å². The minimum Gasteiger partial charge on any atom is -0.493 e. The van der Waals surface area contributed by atoms with E-state index in [2.05, 4.69) is 64.7 Å². The molecule has 344 valence electrons. The number of fused-ring (bicyclic) bond motifs is 4. The van der Waals surface area contributed by atoms with Gasteiger partial charge in [-0.2, -0.15) is 0 Å². The number of nitrogens with one attached hydrogen (secondary N) is 2. The second-order valence-electron chi connectivity index (χ2n) is 17.3. The van der Waals surface area contributed by atoms with Gasteiger partial charge in [0.05, 0.1) is 24.6 Å². The number of halogens is 3. The first kappa shape index (κ1) is 45.1. The number of hydrogen-bond donors (Lipinski definition) is 2. The van der Waals surface area contributed by atoms with Crippen LogP contribution in [0.1, 0.15) is 55.1 Å². The maximum absolute atomic E-state index is 14.6. The standard InChI is InChI=1S/C26H28FN5O.C25H23ClFN5O2/c1-16-11-18(15-31(3)4)5-6-19(16)22-13-29-26(32-14-17(2)30-25(22)32)28-12-21-20-9-10-33-24(20)8-7-23(21)27;1-14-13-32-23(30-14)19(16-5-4-15(10-20(16)26)24(33)31(2)3)12-29-25(32)28-11-18-17-8-9-34-22(17)7-6-21(18)27/h5-8,11,13-14H,9-10,12,15H2,1-4H3,(H,28,29);4-7,10,12-13H,8-9,11H2,1-3H3,(H,28,29). The second kappa shape index (κ2) is 18.6. The summed E-state index contributed by atoms with van der Waals surface area (Å²) in [6.45, 7) is 8.61. The number of rotatable bonds is 11. The van der Waals surface area contributed by atoms with Crippen LogP contribution in [0, 0.1) is 32.4 Å². The van der Waals surface area contributed by atoms with Crippen molar-refractivity contribution in [1.82, 2.24) is 38.5 Å². The SMILES string of the molecule is Cc1cn2c(NCc3c(F)ccc4c3CCO4)ncc(-c3ccc(C(=O)N(C)C)cc3Cl)c2n1.Cc1cn2c(NCc3c(F)ccc4c3CCO4)ncc(-c3ccc(CN(C)C)cc3C)c2n1. The third-order valence-electron chi connectivity index (χ3n) is 11.9. The molecule has 4 aromatic heterocycles. The zero-order chi connectivity index (χ0) is 47.1. The van der Waals surface area contributed by atoms with Crippen LogP contribution in [0.3, 0.4) is 0 Å². The van der Waals surface area contributed by atoms with Crippen molar-refractivity contribution in [2.75, 3.05) is 52.0 Å². The molecule has 6 heterocycles. The summed E-state index contributed by atoms with van der Waals surface area (Å²) in [7, 11) is 7.52. The van der Waals surface area contributed by atoms with Gasteiger partial charge in [-0.25, -0.2) is 28.7 Å². The topological polar surface area (TPSA) is 126 Å². The van der Waals surface area contributed by atoms with E-state index in [4.69, 9.17) is 31.0 Å². The smallest absolute Gasteiger partial charge is 0.253 e. The van der Waals surface area contributed by atoms with Crippen LogP contribution in [0.15, 0.2) is 85.5 Å². The average Bonchev–Trinajstić information content (AvgIpc) is 4.12. The number of amides is 1. The van der Waals surface area contributed by atoms with Gasteiger partial charge in [0.1, 0.15) is 34.4 Å². The summed E-state index contributed by atoms with van der Waals surface area (Å²) in [6.07, 6.45) is 8.76. The highest BCUT2D eigenvalue weighted by atomic mass is 35.5. The quantitative estimate of drug-likeness (QED) is 0.130. The summed E-state index contributed by atoms with van der Waals surface area (Å²) >= 11 is 6.57. The van der Waals surface area contributed by atoms with Gasteiger partial charge in [0.15, 0.2) is 0 Å². The number of aromatic nitrogens is 6. The highest BCUT2D eigenvalue weighted by molar-refractivity contribution is 6.34.